The third-order valence-electron chi connectivity index (χ3n) is 3.74. The first kappa shape index (κ1) is 15.0. The quantitative estimate of drug-likeness (QED) is 0.941. The van der Waals surface area contributed by atoms with E-state index in [9.17, 15) is 19.1 Å². The largest absolute Gasteiger partial charge is 0.484 e. The average molecular weight is 315 g/mol. The van der Waals surface area contributed by atoms with Crippen molar-refractivity contribution in [1.29, 1.82) is 0 Å². The van der Waals surface area contributed by atoms with Crippen LogP contribution in [0.4, 0.5) is 10.1 Å². The van der Waals surface area contributed by atoms with Gasteiger partial charge in [0.2, 0.25) is 0 Å². The lowest BCUT2D eigenvalue weighted by Gasteiger charge is -2.17. The predicted octanol–water partition coefficient (Wildman–Crippen LogP) is 2.42. The number of anilines is 1. The third-order valence-corrected chi connectivity index (χ3v) is 3.74. The fraction of sp³-hybridized carbons (Fsp3) is 0.176. The molecule has 0 spiro atoms. The number of para-hydroxylation sites is 1. The number of carboxylic acid groups (broad SMARTS) is 1. The molecule has 0 aromatic heterocycles. The van der Waals surface area contributed by atoms with Crippen molar-refractivity contribution in [3.05, 3.63) is 59.9 Å². The van der Waals surface area contributed by atoms with Crippen LogP contribution in [0.5, 0.6) is 5.75 Å². The second-order valence-corrected chi connectivity index (χ2v) is 5.20. The molecule has 2 aromatic rings. The molecule has 1 N–H and O–H groups in total. The summed E-state index contributed by atoms with van der Waals surface area (Å²) in [6.07, 6.45) is 0. The van der Waals surface area contributed by atoms with Crippen LogP contribution in [0, 0.1) is 5.82 Å². The highest BCUT2D eigenvalue weighted by Crippen LogP contribution is 2.36. The van der Waals surface area contributed by atoms with Gasteiger partial charge in [0.15, 0.2) is 6.61 Å². The number of halogens is 1. The lowest BCUT2D eigenvalue weighted by Crippen LogP contribution is -2.35. The molecule has 1 amide bonds. The van der Waals surface area contributed by atoms with Gasteiger partial charge in [-0.1, -0.05) is 18.2 Å². The van der Waals surface area contributed by atoms with Crippen LogP contribution < -0.4 is 9.64 Å². The van der Waals surface area contributed by atoms with Crippen molar-refractivity contribution in [2.24, 2.45) is 0 Å². The molecule has 6 heteroatoms. The predicted molar refractivity (Wildman–Crippen MR) is 81.1 cm³/mol. The standard InChI is InChI=1S/C17H14FNO4/c18-11-5-7-12(8-6-11)23-10-16(20)19-9-14(17(21)22)13-3-1-2-4-15(13)19/h1-8,14H,9-10H2,(H,21,22)/t14-/m0/s1. The van der Waals surface area contributed by atoms with Crippen molar-refractivity contribution < 1.29 is 23.8 Å². The van der Waals surface area contributed by atoms with E-state index in [0.717, 1.165) is 0 Å². The Morgan fingerprint density at radius 2 is 1.87 bits per heavy atom. The summed E-state index contributed by atoms with van der Waals surface area (Å²) in [5, 5.41) is 9.29. The number of rotatable bonds is 4. The van der Waals surface area contributed by atoms with Gasteiger partial charge < -0.3 is 14.7 Å². The van der Waals surface area contributed by atoms with Crippen LogP contribution in [-0.2, 0) is 9.59 Å². The first-order valence-corrected chi connectivity index (χ1v) is 7.06. The molecule has 1 aliphatic heterocycles. The summed E-state index contributed by atoms with van der Waals surface area (Å²) in [5.74, 6) is -2.05. The average Bonchev–Trinajstić information content (AvgIpc) is 2.94. The number of amides is 1. The Labute approximate surface area is 131 Å². The SMILES string of the molecule is O=C(O)[C@H]1CN(C(=O)COc2ccc(F)cc2)c2ccccc21. The lowest BCUT2D eigenvalue weighted by molar-refractivity contribution is -0.138. The van der Waals surface area contributed by atoms with Crippen molar-refractivity contribution in [2.75, 3.05) is 18.1 Å². The van der Waals surface area contributed by atoms with Gasteiger partial charge in [0.05, 0.1) is 0 Å². The van der Waals surface area contributed by atoms with Crippen LogP contribution >= 0.6 is 0 Å². The summed E-state index contributed by atoms with van der Waals surface area (Å²) in [7, 11) is 0. The summed E-state index contributed by atoms with van der Waals surface area (Å²) in [6, 6.07) is 12.3. The number of nitrogens with zero attached hydrogens (tertiary/aromatic N) is 1. The minimum atomic E-state index is -0.966. The Morgan fingerprint density at radius 3 is 2.57 bits per heavy atom. The zero-order valence-corrected chi connectivity index (χ0v) is 12.1. The molecule has 1 aliphatic rings. The highest BCUT2D eigenvalue weighted by atomic mass is 19.1. The van der Waals surface area contributed by atoms with Gasteiger partial charge >= 0.3 is 5.97 Å². The van der Waals surface area contributed by atoms with Crippen molar-refractivity contribution >= 4 is 17.6 Å². The Hall–Kier alpha value is -2.89. The van der Waals surface area contributed by atoms with Crippen molar-refractivity contribution in [3.63, 3.8) is 0 Å². The molecule has 0 fully saturated rings. The van der Waals surface area contributed by atoms with Crippen LogP contribution in [0.15, 0.2) is 48.5 Å². The highest BCUT2D eigenvalue weighted by Gasteiger charge is 2.36. The maximum atomic E-state index is 12.8. The van der Waals surface area contributed by atoms with Gasteiger partial charge in [0.25, 0.3) is 5.91 Å². The monoisotopic (exact) mass is 315 g/mol. The van der Waals surface area contributed by atoms with E-state index in [1.807, 2.05) is 0 Å². The zero-order valence-electron chi connectivity index (χ0n) is 12.1. The molecule has 1 atom stereocenters. The third kappa shape index (κ3) is 3.01. The molecule has 0 unspecified atom stereocenters. The lowest BCUT2D eigenvalue weighted by atomic mass is 10.0. The van der Waals surface area contributed by atoms with E-state index in [1.54, 1.807) is 24.3 Å². The Bertz CT molecular complexity index is 745. The number of fused-ring (bicyclic) bond motifs is 1. The van der Waals surface area contributed by atoms with Crippen molar-refractivity contribution in [2.45, 2.75) is 5.92 Å². The summed E-state index contributed by atoms with van der Waals surface area (Å²) in [4.78, 5) is 25.1. The fourth-order valence-corrected chi connectivity index (χ4v) is 2.61. The van der Waals surface area contributed by atoms with Crippen LogP contribution in [0.2, 0.25) is 0 Å². The van der Waals surface area contributed by atoms with Crippen molar-refractivity contribution in [1.82, 2.24) is 0 Å². The van der Waals surface area contributed by atoms with Gasteiger partial charge in [-0.15, -0.1) is 0 Å². The maximum absolute atomic E-state index is 12.8. The molecular formula is C17H14FNO4. The van der Waals surface area contributed by atoms with Crippen molar-refractivity contribution in [3.8, 4) is 5.75 Å². The number of carbonyl (C=O) groups excluding carboxylic acids is 1. The van der Waals surface area contributed by atoms with Gasteiger partial charge in [-0.05, 0) is 35.9 Å². The smallest absolute Gasteiger partial charge is 0.312 e. The molecule has 0 bridgehead atoms. The van der Waals surface area contributed by atoms with E-state index in [-0.39, 0.29) is 24.9 Å². The number of hydrogen-bond acceptors (Lipinski definition) is 3. The number of benzene rings is 2. The van der Waals surface area contributed by atoms with Crippen LogP contribution in [0.25, 0.3) is 0 Å². The van der Waals surface area contributed by atoms with Gasteiger partial charge in [0.1, 0.15) is 17.5 Å². The molecular weight excluding hydrogens is 301 g/mol. The van der Waals surface area contributed by atoms with Crippen LogP contribution in [0.1, 0.15) is 11.5 Å². The zero-order chi connectivity index (χ0) is 16.4. The molecule has 0 saturated heterocycles. The number of carbonyl (C=O) groups is 2. The number of hydrogen-bond donors (Lipinski definition) is 1. The Balaban J connectivity index is 1.73. The maximum Gasteiger partial charge on any atom is 0.312 e. The molecule has 118 valence electrons. The molecule has 23 heavy (non-hydrogen) atoms. The minimum Gasteiger partial charge on any atom is -0.484 e. The molecule has 2 aromatic carbocycles. The molecule has 0 aliphatic carbocycles. The van der Waals surface area contributed by atoms with Crippen LogP contribution in [0.3, 0.4) is 0 Å². The van der Waals surface area contributed by atoms with Gasteiger partial charge in [-0.2, -0.15) is 0 Å². The number of aliphatic carboxylic acids is 1. The van der Waals surface area contributed by atoms with E-state index >= 15 is 0 Å². The fourth-order valence-electron chi connectivity index (χ4n) is 2.61. The highest BCUT2D eigenvalue weighted by molar-refractivity contribution is 5.99. The van der Waals surface area contributed by atoms with E-state index in [1.165, 1.54) is 29.2 Å². The second-order valence-electron chi connectivity index (χ2n) is 5.20. The van der Waals surface area contributed by atoms with E-state index in [4.69, 9.17) is 4.74 Å². The molecule has 0 radical (unpaired) electrons. The minimum absolute atomic E-state index is 0.0836. The molecule has 0 saturated carbocycles. The second kappa shape index (κ2) is 6.08. The van der Waals surface area contributed by atoms with Gasteiger partial charge in [-0.3, -0.25) is 9.59 Å². The van der Waals surface area contributed by atoms with Gasteiger partial charge in [-0.25, -0.2) is 4.39 Å². The van der Waals surface area contributed by atoms with E-state index < -0.39 is 11.9 Å². The topological polar surface area (TPSA) is 66.8 Å². The summed E-state index contributed by atoms with van der Waals surface area (Å²) in [6.45, 7) is -0.160. The first-order chi connectivity index (χ1) is 11.1. The number of ether oxygens (including phenoxy) is 1. The van der Waals surface area contributed by atoms with Crippen LogP contribution in [-0.4, -0.2) is 30.1 Å². The Kier molecular flexibility index (Phi) is 3.97. The van der Waals surface area contributed by atoms with E-state index in [2.05, 4.69) is 0 Å². The molecule has 1 heterocycles. The Morgan fingerprint density at radius 1 is 1.17 bits per heavy atom. The number of carboxylic acids is 1. The summed E-state index contributed by atoms with van der Waals surface area (Å²) in [5.41, 5.74) is 1.21. The normalized spacial score (nSPS) is 16.0. The molecule has 3 rings (SSSR count). The van der Waals surface area contributed by atoms with Gasteiger partial charge in [0, 0.05) is 12.2 Å². The van der Waals surface area contributed by atoms with E-state index in [0.29, 0.717) is 17.0 Å². The molecule has 5 nitrogen and oxygen atoms in total. The summed E-state index contributed by atoms with van der Waals surface area (Å²) < 4.78 is 18.2. The summed E-state index contributed by atoms with van der Waals surface area (Å²) >= 11 is 0. The first-order valence-electron chi connectivity index (χ1n) is 7.06.